The zero-order valence-corrected chi connectivity index (χ0v) is 12.5. The molecule has 0 unspecified atom stereocenters. The maximum Gasteiger partial charge on any atom is 0.225 e. The van der Waals surface area contributed by atoms with Gasteiger partial charge in [-0.2, -0.15) is 0 Å². The van der Waals surface area contributed by atoms with Gasteiger partial charge in [0.25, 0.3) is 0 Å². The second-order valence-corrected chi connectivity index (χ2v) is 5.88. The van der Waals surface area contributed by atoms with Crippen molar-refractivity contribution >= 4 is 11.8 Å². The Morgan fingerprint density at radius 3 is 2.45 bits per heavy atom. The molecule has 0 aromatic rings. The van der Waals surface area contributed by atoms with Crippen molar-refractivity contribution in [2.75, 3.05) is 53.4 Å². The molecule has 2 aliphatic rings. The maximum absolute atomic E-state index is 12.6. The molecule has 2 saturated heterocycles. The molecule has 0 aliphatic carbocycles. The van der Waals surface area contributed by atoms with Gasteiger partial charge in [0.15, 0.2) is 0 Å². The predicted octanol–water partition coefficient (Wildman–Crippen LogP) is -0.878. The SMILES string of the molecule is CNC(=O)[C@@H]1CN(C)CCN(C(=O)C2CCNCC2)C1. The van der Waals surface area contributed by atoms with Crippen molar-refractivity contribution in [1.82, 2.24) is 20.4 Å². The molecule has 0 spiro atoms. The molecule has 0 saturated carbocycles. The van der Waals surface area contributed by atoms with E-state index in [-0.39, 0.29) is 23.7 Å². The van der Waals surface area contributed by atoms with E-state index in [9.17, 15) is 9.59 Å². The Bertz CT molecular complexity index is 355. The van der Waals surface area contributed by atoms with Crippen LogP contribution in [0.5, 0.6) is 0 Å². The van der Waals surface area contributed by atoms with Gasteiger partial charge in [0, 0.05) is 39.1 Å². The highest BCUT2D eigenvalue weighted by Gasteiger charge is 2.32. The summed E-state index contributed by atoms with van der Waals surface area (Å²) >= 11 is 0. The lowest BCUT2D eigenvalue weighted by Gasteiger charge is -2.30. The molecule has 1 atom stereocenters. The molecule has 2 rings (SSSR count). The standard InChI is InChI=1S/C14H26N4O2/c1-15-13(19)12-9-17(2)7-8-18(10-12)14(20)11-3-5-16-6-4-11/h11-12,16H,3-10H2,1-2H3,(H,15,19)/t12-/m1/s1. The number of carbonyl (C=O) groups excluding carboxylic acids is 2. The fourth-order valence-corrected chi connectivity index (χ4v) is 3.07. The van der Waals surface area contributed by atoms with Gasteiger partial charge >= 0.3 is 0 Å². The van der Waals surface area contributed by atoms with Gasteiger partial charge in [-0.3, -0.25) is 9.59 Å². The van der Waals surface area contributed by atoms with Crippen LogP contribution in [0, 0.1) is 11.8 Å². The molecule has 0 bridgehead atoms. The minimum absolute atomic E-state index is 0.0295. The summed E-state index contributed by atoms with van der Waals surface area (Å²) < 4.78 is 0. The molecule has 2 aliphatic heterocycles. The van der Waals surface area contributed by atoms with E-state index in [0.717, 1.165) is 45.6 Å². The number of piperidine rings is 1. The topological polar surface area (TPSA) is 64.7 Å². The largest absolute Gasteiger partial charge is 0.359 e. The molecular formula is C14H26N4O2. The molecule has 6 nitrogen and oxygen atoms in total. The summed E-state index contributed by atoms with van der Waals surface area (Å²) in [6.45, 7) is 4.67. The Kier molecular flexibility index (Phi) is 5.37. The Morgan fingerprint density at radius 2 is 1.80 bits per heavy atom. The van der Waals surface area contributed by atoms with E-state index >= 15 is 0 Å². The quantitative estimate of drug-likeness (QED) is 0.690. The molecule has 0 aromatic carbocycles. The Morgan fingerprint density at radius 1 is 1.10 bits per heavy atom. The lowest BCUT2D eigenvalue weighted by Crippen LogP contribution is -2.45. The van der Waals surface area contributed by atoms with Gasteiger partial charge in [-0.1, -0.05) is 0 Å². The molecule has 0 radical (unpaired) electrons. The summed E-state index contributed by atoms with van der Waals surface area (Å²) in [6.07, 6.45) is 1.83. The minimum Gasteiger partial charge on any atom is -0.359 e. The van der Waals surface area contributed by atoms with Gasteiger partial charge in [-0.25, -0.2) is 0 Å². The smallest absolute Gasteiger partial charge is 0.225 e. The summed E-state index contributed by atoms with van der Waals surface area (Å²) in [5.74, 6) is 0.265. The highest BCUT2D eigenvalue weighted by Crippen LogP contribution is 2.18. The summed E-state index contributed by atoms with van der Waals surface area (Å²) in [5.41, 5.74) is 0. The van der Waals surface area contributed by atoms with Gasteiger partial charge in [0.1, 0.15) is 0 Å². The van der Waals surface area contributed by atoms with Crippen LogP contribution in [0.15, 0.2) is 0 Å². The monoisotopic (exact) mass is 282 g/mol. The van der Waals surface area contributed by atoms with Crippen LogP contribution in [0.3, 0.4) is 0 Å². The van der Waals surface area contributed by atoms with E-state index in [1.807, 2.05) is 11.9 Å². The first-order chi connectivity index (χ1) is 9.61. The third kappa shape index (κ3) is 3.70. The molecule has 6 heteroatoms. The van der Waals surface area contributed by atoms with Gasteiger partial charge in [-0.05, 0) is 33.0 Å². The van der Waals surface area contributed by atoms with Crippen molar-refractivity contribution in [2.24, 2.45) is 11.8 Å². The van der Waals surface area contributed by atoms with Crippen LogP contribution in [0.4, 0.5) is 0 Å². The predicted molar refractivity (Wildman–Crippen MR) is 77.2 cm³/mol. The first-order valence-electron chi connectivity index (χ1n) is 7.51. The Hall–Kier alpha value is -1.14. The molecule has 0 aromatic heterocycles. The zero-order chi connectivity index (χ0) is 14.5. The van der Waals surface area contributed by atoms with Crippen molar-refractivity contribution in [3.05, 3.63) is 0 Å². The molecule has 2 amide bonds. The Labute approximate surface area is 120 Å². The van der Waals surface area contributed by atoms with E-state index in [0.29, 0.717) is 6.54 Å². The van der Waals surface area contributed by atoms with E-state index < -0.39 is 0 Å². The summed E-state index contributed by atoms with van der Waals surface area (Å²) in [5, 5.41) is 5.99. The number of carbonyl (C=O) groups is 2. The Balaban J connectivity index is 2.01. The molecule has 2 N–H and O–H groups in total. The first kappa shape index (κ1) is 15.3. The van der Waals surface area contributed by atoms with Gasteiger partial charge < -0.3 is 20.4 Å². The molecule has 114 valence electrons. The molecule has 2 fully saturated rings. The van der Waals surface area contributed by atoms with E-state index in [2.05, 4.69) is 15.5 Å². The lowest BCUT2D eigenvalue weighted by molar-refractivity contribution is -0.137. The average Bonchev–Trinajstić information content (AvgIpc) is 2.68. The van der Waals surface area contributed by atoms with Crippen molar-refractivity contribution in [3.8, 4) is 0 Å². The van der Waals surface area contributed by atoms with Crippen LogP contribution >= 0.6 is 0 Å². The highest BCUT2D eigenvalue weighted by molar-refractivity contribution is 5.82. The van der Waals surface area contributed by atoms with E-state index in [1.165, 1.54) is 0 Å². The highest BCUT2D eigenvalue weighted by atomic mass is 16.2. The summed E-state index contributed by atoms with van der Waals surface area (Å²) in [4.78, 5) is 28.6. The number of nitrogens with one attached hydrogen (secondary N) is 2. The molecular weight excluding hydrogens is 256 g/mol. The fraction of sp³-hybridized carbons (Fsp3) is 0.857. The number of likely N-dealkylation sites (N-methyl/N-ethyl adjacent to an activating group) is 1. The molecule has 2 heterocycles. The normalized spacial score (nSPS) is 26.1. The first-order valence-corrected chi connectivity index (χ1v) is 7.51. The second kappa shape index (κ2) is 7.04. The number of amides is 2. The third-order valence-corrected chi connectivity index (χ3v) is 4.34. The van der Waals surface area contributed by atoms with Crippen LogP contribution in [-0.4, -0.2) is 75.0 Å². The van der Waals surface area contributed by atoms with Crippen molar-refractivity contribution in [3.63, 3.8) is 0 Å². The van der Waals surface area contributed by atoms with Crippen LogP contribution in [0.1, 0.15) is 12.8 Å². The van der Waals surface area contributed by atoms with Gasteiger partial charge in [0.2, 0.25) is 11.8 Å². The van der Waals surface area contributed by atoms with Crippen LogP contribution < -0.4 is 10.6 Å². The average molecular weight is 282 g/mol. The minimum atomic E-state index is -0.127. The summed E-state index contributed by atoms with van der Waals surface area (Å²) in [6, 6.07) is 0. The van der Waals surface area contributed by atoms with Crippen molar-refractivity contribution in [2.45, 2.75) is 12.8 Å². The van der Waals surface area contributed by atoms with E-state index in [4.69, 9.17) is 0 Å². The second-order valence-electron chi connectivity index (χ2n) is 5.88. The number of nitrogens with zero attached hydrogens (tertiary/aromatic N) is 2. The zero-order valence-electron chi connectivity index (χ0n) is 12.5. The maximum atomic E-state index is 12.6. The van der Waals surface area contributed by atoms with Crippen LogP contribution in [0.2, 0.25) is 0 Å². The number of hydrogen-bond donors (Lipinski definition) is 2. The summed E-state index contributed by atoms with van der Waals surface area (Å²) in [7, 11) is 3.67. The number of rotatable bonds is 2. The van der Waals surface area contributed by atoms with E-state index in [1.54, 1.807) is 7.05 Å². The lowest BCUT2D eigenvalue weighted by atomic mass is 9.96. The van der Waals surface area contributed by atoms with Crippen LogP contribution in [0.25, 0.3) is 0 Å². The third-order valence-electron chi connectivity index (χ3n) is 4.34. The van der Waals surface area contributed by atoms with Crippen LogP contribution in [-0.2, 0) is 9.59 Å². The fourth-order valence-electron chi connectivity index (χ4n) is 3.07. The van der Waals surface area contributed by atoms with Gasteiger partial charge in [0.05, 0.1) is 5.92 Å². The molecule has 20 heavy (non-hydrogen) atoms. The van der Waals surface area contributed by atoms with Crippen molar-refractivity contribution in [1.29, 1.82) is 0 Å². The van der Waals surface area contributed by atoms with Gasteiger partial charge in [-0.15, -0.1) is 0 Å². The number of hydrogen-bond acceptors (Lipinski definition) is 4. The van der Waals surface area contributed by atoms with Crippen molar-refractivity contribution < 1.29 is 9.59 Å².